The van der Waals surface area contributed by atoms with E-state index in [4.69, 9.17) is 15.3 Å². The molecule has 0 amide bonds. The van der Waals surface area contributed by atoms with Crippen molar-refractivity contribution in [1.29, 1.82) is 0 Å². The molecule has 19 heavy (non-hydrogen) atoms. The Bertz CT molecular complexity index is 570. The van der Waals surface area contributed by atoms with E-state index in [9.17, 15) is 19.2 Å². The van der Waals surface area contributed by atoms with Crippen LogP contribution in [0.4, 0.5) is 0 Å². The third-order valence-electron chi connectivity index (χ3n) is 2.12. The maximum Gasteiger partial charge on any atom is 0.355 e. The number of aromatic carboxylic acids is 3. The number of aromatic amines is 1. The number of hydrogen-bond donors (Lipinski definition) is 4. The lowest BCUT2D eigenvalue weighted by Gasteiger charge is -2.00. The van der Waals surface area contributed by atoms with E-state index in [0.717, 1.165) is 0 Å². The van der Waals surface area contributed by atoms with Gasteiger partial charge in [-0.2, -0.15) is 0 Å². The van der Waals surface area contributed by atoms with Gasteiger partial charge in [0.1, 0.15) is 22.5 Å². The zero-order valence-electron chi connectivity index (χ0n) is 9.59. The Kier molecular flexibility index (Phi) is 3.90. The number of hydrogen-bond acceptors (Lipinski definition) is 5. The summed E-state index contributed by atoms with van der Waals surface area (Å²) in [6.45, 7) is 1.37. The van der Waals surface area contributed by atoms with Gasteiger partial charge in [-0.1, -0.05) is 0 Å². The molecule has 0 bridgehead atoms. The minimum atomic E-state index is -1.78. The number of carbonyl (C=O) groups excluding carboxylic acids is 1. The molecular formula is C10H9NO8. The number of rotatable bonds is 5. The molecule has 0 atom stereocenters. The Labute approximate surface area is 105 Å². The number of nitrogens with one attached hydrogen (secondary N) is 1. The summed E-state index contributed by atoms with van der Waals surface area (Å²) in [7, 11) is 0. The molecule has 0 saturated carbocycles. The fourth-order valence-corrected chi connectivity index (χ4v) is 1.44. The summed E-state index contributed by atoms with van der Waals surface area (Å²) in [5.41, 5.74) is -3.55. The van der Waals surface area contributed by atoms with Crippen LogP contribution in [0.3, 0.4) is 0 Å². The zero-order valence-corrected chi connectivity index (χ0v) is 9.59. The predicted octanol–water partition coefficient (Wildman–Crippen LogP) is 0.286. The second-order valence-corrected chi connectivity index (χ2v) is 3.26. The van der Waals surface area contributed by atoms with E-state index in [0.29, 0.717) is 0 Å². The van der Waals surface area contributed by atoms with Crippen LogP contribution < -0.4 is 0 Å². The molecule has 0 fully saturated rings. The fourth-order valence-electron chi connectivity index (χ4n) is 1.44. The van der Waals surface area contributed by atoms with Crippen molar-refractivity contribution < 1.29 is 39.2 Å². The van der Waals surface area contributed by atoms with Crippen molar-refractivity contribution in [2.75, 3.05) is 6.61 Å². The van der Waals surface area contributed by atoms with E-state index >= 15 is 0 Å². The smallest absolute Gasteiger partial charge is 0.355 e. The highest BCUT2D eigenvalue weighted by molar-refractivity contribution is 6.13. The lowest BCUT2D eigenvalue weighted by molar-refractivity contribution is 0.0508. The molecule has 4 N–H and O–H groups in total. The molecule has 0 aliphatic carbocycles. The molecule has 102 valence electrons. The summed E-state index contributed by atoms with van der Waals surface area (Å²) >= 11 is 0. The molecule has 0 radical (unpaired) electrons. The van der Waals surface area contributed by atoms with Crippen LogP contribution in [0.5, 0.6) is 0 Å². The van der Waals surface area contributed by atoms with Gasteiger partial charge in [0.15, 0.2) is 0 Å². The van der Waals surface area contributed by atoms with Gasteiger partial charge >= 0.3 is 23.9 Å². The first-order valence-corrected chi connectivity index (χ1v) is 4.94. The first-order valence-electron chi connectivity index (χ1n) is 4.94. The van der Waals surface area contributed by atoms with E-state index in [1.807, 2.05) is 4.98 Å². The third-order valence-corrected chi connectivity index (χ3v) is 2.12. The Morgan fingerprint density at radius 2 is 1.42 bits per heavy atom. The average molecular weight is 271 g/mol. The molecule has 9 nitrogen and oxygen atoms in total. The summed E-state index contributed by atoms with van der Waals surface area (Å²) in [6, 6.07) is 0. The van der Waals surface area contributed by atoms with Crippen molar-refractivity contribution in [2.24, 2.45) is 0 Å². The minimum Gasteiger partial charge on any atom is -0.478 e. The van der Waals surface area contributed by atoms with Crippen molar-refractivity contribution in [3.63, 3.8) is 0 Å². The Morgan fingerprint density at radius 1 is 0.947 bits per heavy atom. The topological polar surface area (TPSA) is 154 Å². The SMILES string of the molecule is CCOC(=O)c1[nH]c(C(=O)O)c(C(=O)O)c1C(=O)O. The monoisotopic (exact) mass is 271 g/mol. The van der Waals surface area contributed by atoms with Crippen molar-refractivity contribution in [2.45, 2.75) is 6.92 Å². The van der Waals surface area contributed by atoms with Gasteiger partial charge in [-0.05, 0) is 6.92 Å². The number of aromatic nitrogens is 1. The van der Waals surface area contributed by atoms with Gasteiger partial charge in [0.05, 0.1) is 6.61 Å². The maximum absolute atomic E-state index is 11.5. The molecule has 0 aromatic carbocycles. The van der Waals surface area contributed by atoms with Gasteiger partial charge in [0, 0.05) is 0 Å². The van der Waals surface area contributed by atoms with E-state index in [-0.39, 0.29) is 6.61 Å². The largest absolute Gasteiger partial charge is 0.478 e. The van der Waals surface area contributed by atoms with Gasteiger partial charge in [0.25, 0.3) is 0 Å². The highest BCUT2D eigenvalue weighted by Gasteiger charge is 2.33. The number of carbonyl (C=O) groups is 4. The molecule has 0 aliphatic heterocycles. The molecule has 9 heteroatoms. The quantitative estimate of drug-likeness (QED) is 0.557. The standard InChI is InChI=1S/C10H9NO8/c1-2-19-10(18)6-4(8(14)15)3(7(12)13)5(11-6)9(16)17/h11H,2H2,1H3,(H,12,13)(H,14,15)(H,16,17). The Morgan fingerprint density at radius 3 is 1.79 bits per heavy atom. The van der Waals surface area contributed by atoms with Crippen molar-refractivity contribution >= 4 is 23.9 Å². The molecule has 0 spiro atoms. The summed E-state index contributed by atoms with van der Waals surface area (Å²) in [6.07, 6.45) is 0. The number of carboxylic acid groups (broad SMARTS) is 3. The lowest BCUT2D eigenvalue weighted by atomic mass is 10.1. The lowest BCUT2D eigenvalue weighted by Crippen LogP contribution is -2.13. The van der Waals surface area contributed by atoms with E-state index in [2.05, 4.69) is 4.74 Å². The fraction of sp³-hybridized carbons (Fsp3) is 0.200. The van der Waals surface area contributed by atoms with Crippen LogP contribution in [0.1, 0.15) is 48.6 Å². The predicted molar refractivity (Wildman–Crippen MR) is 57.6 cm³/mol. The van der Waals surface area contributed by atoms with Crippen LogP contribution >= 0.6 is 0 Å². The Hall–Kier alpha value is -2.84. The van der Waals surface area contributed by atoms with Crippen LogP contribution in [-0.4, -0.2) is 50.8 Å². The highest BCUT2D eigenvalue weighted by atomic mass is 16.5. The van der Waals surface area contributed by atoms with Crippen LogP contribution in [0, 0.1) is 0 Å². The molecule has 1 aromatic heterocycles. The second kappa shape index (κ2) is 5.21. The van der Waals surface area contributed by atoms with Crippen LogP contribution in [-0.2, 0) is 4.74 Å². The summed E-state index contributed by atoms with van der Waals surface area (Å²) in [4.78, 5) is 46.2. The minimum absolute atomic E-state index is 0.0816. The van der Waals surface area contributed by atoms with Crippen LogP contribution in [0.25, 0.3) is 0 Å². The highest BCUT2D eigenvalue weighted by Crippen LogP contribution is 2.21. The Balaban J connectivity index is 3.60. The van der Waals surface area contributed by atoms with Gasteiger partial charge in [-0.25, -0.2) is 19.2 Å². The van der Waals surface area contributed by atoms with Gasteiger partial charge in [0.2, 0.25) is 0 Å². The van der Waals surface area contributed by atoms with E-state index in [1.54, 1.807) is 0 Å². The van der Waals surface area contributed by atoms with Gasteiger partial charge in [-0.3, -0.25) is 0 Å². The maximum atomic E-state index is 11.5. The molecular weight excluding hydrogens is 262 g/mol. The number of ether oxygens (including phenoxy) is 1. The first kappa shape index (κ1) is 14.2. The summed E-state index contributed by atoms with van der Waals surface area (Å²) in [5.74, 6) is -6.36. The van der Waals surface area contributed by atoms with Gasteiger partial charge in [-0.15, -0.1) is 0 Å². The molecule has 1 heterocycles. The summed E-state index contributed by atoms with van der Waals surface area (Å²) < 4.78 is 4.53. The van der Waals surface area contributed by atoms with E-state index < -0.39 is 46.4 Å². The average Bonchev–Trinajstić information content (AvgIpc) is 2.69. The molecule has 0 aliphatic rings. The normalized spacial score (nSPS) is 9.95. The number of esters is 1. The van der Waals surface area contributed by atoms with E-state index in [1.165, 1.54) is 6.92 Å². The number of H-pyrrole nitrogens is 1. The molecule has 0 unspecified atom stereocenters. The molecule has 1 aromatic rings. The zero-order chi connectivity index (χ0) is 14.7. The number of carboxylic acids is 3. The van der Waals surface area contributed by atoms with Crippen molar-refractivity contribution in [1.82, 2.24) is 4.98 Å². The van der Waals surface area contributed by atoms with Crippen molar-refractivity contribution in [3.05, 3.63) is 22.5 Å². The second-order valence-electron chi connectivity index (χ2n) is 3.26. The molecule has 0 saturated heterocycles. The first-order chi connectivity index (χ1) is 8.81. The third kappa shape index (κ3) is 2.54. The van der Waals surface area contributed by atoms with Crippen LogP contribution in [0.15, 0.2) is 0 Å². The van der Waals surface area contributed by atoms with Crippen LogP contribution in [0.2, 0.25) is 0 Å². The van der Waals surface area contributed by atoms with Gasteiger partial charge < -0.3 is 25.0 Å². The summed E-state index contributed by atoms with van der Waals surface area (Å²) in [5, 5.41) is 26.6. The molecule has 1 rings (SSSR count). The van der Waals surface area contributed by atoms with Crippen molar-refractivity contribution in [3.8, 4) is 0 Å².